The summed E-state index contributed by atoms with van der Waals surface area (Å²) >= 11 is 0.522. The quantitative estimate of drug-likeness (QED) is 0.413. The summed E-state index contributed by atoms with van der Waals surface area (Å²) in [6.45, 7) is 0. The van der Waals surface area contributed by atoms with Gasteiger partial charge in [0, 0.05) is 0 Å². The Labute approximate surface area is 43.9 Å². The van der Waals surface area contributed by atoms with Gasteiger partial charge in [-0.1, -0.05) is 0 Å². The second-order valence-corrected chi connectivity index (χ2v) is 2.93. The first-order chi connectivity index (χ1) is 2.77. The predicted molar refractivity (Wildman–Crippen MR) is 26.6 cm³/mol. The topological polar surface area (TPSA) is 46.2 Å². The molecule has 0 amide bonds. The third kappa shape index (κ3) is 4.44. The van der Waals surface area contributed by atoms with Crippen molar-refractivity contribution in [1.82, 2.24) is 0 Å². The Hall–Kier alpha value is 0.439. The van der Waals surface area contributed by atoms with E-state index in [1.54, 1.807) is 0 Å². The first kappa shape index (κ1) is 6.44. The second kappa shape index (κ2) is 3.62. The molecule has 3 heteroatoms. The van der Waals surface area contributed by atoms with Crippen molar-refractivity contribution in [1.29, 1.82) is 0 Å². The van der Waals surface area contributed by atoms with Crippen LogP contribution in [0.3, 0.4) is 0 Å². The molecule has 0 bridgehead atoms. The molecule has 0 unspecified atom stereocenters. The summed E-state index contributed by atoms with van der Waals surface area (Å²) in [5, 5.41) is 9.12. The number of hydrogen-bond donors (Lipinski definition) is 2. The molecular weight excluding hydrogens is 145 g/mol. The van der Waals surface area contributed by atoms with E-state index in [-0.39, 0.29) is 0 Å². The molecule has 0 aliphatic rings. The standard InChI is InChI=1S/C3H9NOSe/c1-6-2-3(4)5/h3,5H,2,4H2,1H3/t3-/m1/s1. The van der Waals surface area contributed by atoms with Crippen LogP contribution in [0.5, 0.6) is 0 Å². The summed E-state index contributed by atoms with van der Waals surface area (Å²) in [5.74, 6) is 2.04. The molecule has 0 spiro atoms. The number of rotatable bonds is 2. The van der Waals surface area contributed by atoms with E-state index in [2.05, 4.69) is 0 Å². The first-order valence-electron chi connectivity index (χ1n) is 1.70. The zero-order valence-electron chi connectivity index (χ0n) is 3.72. The van der Waals surface area contributed by atoms with Crippen LogP contribution >= 0.6 is 0 Å². The van der Waals surface area contributed by atoms with E-state index in [4.69, 9.17) is 10.8 Å². The molecule has 0 saturated carbocycles. The third-order valence-electron chi connectivity index (χ3n) is 0.337. The number of aliphatic hydroxyl groups is 1. The Morgan fingerprint density at radius 3 is 2.50 bits per heavy atom. The minimum absolute atomic E-state index is 0.522. The van der Waals surface area contributed by atoms with E-state index >= 15 is 0 Å². The number of hydrogen-bond acceptors (Lipinski definition) is 2. The molecular formula is C3H9NOSe. The summed E-state index contributed by atoms with van der Waals surface area (Å²) in [7, 11) is 0. The van der Waals surface area contributed by atoms with Gasteiger partial charge in [0.1, 0.15) is 0 Å². The summed E-state index contributed by atoms with van der Waals surface area (Å²) in [5.41, 5.74) is 4.97. The fourth-order valence-electron chi connectivity index (χ4n) is 0.171. The molecule has 1 atom stereocenters. The molecule has 6 heavy (non-hydrogen) atoms. The van der Waals surface area contributed by atoms with Gasteiger partial charge in [-0.3, -0.25) is 0 Å². The van der Waals surface area contributed by atoms with Crippen LogP contribution in [0.4, 0.5) is 0 Å². The second-order valence-electron chi connectivity index (χ2n) is 1.02. The molecule has 0 aromatic rings. The molecule has 0 saturated heterocycles. The fourth-order valence-corrected chi connectivity index (χ4v) is 0.887. The normalized spacial score (nSPS) is 14.5. The van der Waals surface area contributed by atoms with Crippen LogP contribution in [0.25, 0.3) is 0 Å². The van der Waals surface area contributed by atoms with Crippen molar-refractivity contribution in [2.45, 2.75) is 17.4 Å². The van der Waals surface area contributed by atoms with Crippen LogP contribution in [0.2, 0.25) is 11.1 Å². The van der Waals surface area contributed by atoms with Crippen LogP contribution in [0.15, 0.2) is 0 Å². The predicted octanol–water partition coefficient (Wildman–Crippen LogP) is -0.566. The molecule has 0 heterocycles. The van der Waals surface area contributed by atoms with Crippen LogP contribution in [-0.2, 0) is 0 Å². The van der Waals surface area contributed by atoms with Crippen molar-refractivity contribution in [2.75, 3.05) is 0 Å². The van der Waals surface area contributed by atoms with Gasteiger partial charge in [-0.2, -0.15) is 0 Å². The van der Waals surface area contributed by atoms with Gasteiger partial charge in [0.2, 0.25) is 0 Å². The molecule has 0 fully saturated rings. The summed E-state index contributed by atoms with van der Waals surface area (Å²) < 4.78 is 0. The molecule has 2 nitrogen and oxygen atoms in total. The Kier molecular flexibility index (Phi) is 3.89. The van der Waals surface area contributed by atoms with E-state index in [1.165, 1.54) is 0 Å². The summed E-state index contributed by atoms with van der Waals surface area (Å²) in [6, 6.07) is 0. The van der Waals surface area contributed by atoms with Gasteiger partial charge in [-0.15, -0.1) is 0 Å². The van der Waals surface area contributed by atoms with Crippen LogP contribution in [-0.4, -0.2) is 26.3 Å². The molecule has 0 aromatic carbocycles. The van der Waals surface area contributed by atoms with E-state index in [1.807, 2.05) is 5.82 Å². The van der Waals surface area contributed by atoms with Crippen molar-refractivity contribution in [3.05, 3.63) is 0 Å². The van der Waals surface area contributed by atoms with E-state index < -0.39 is 6.23 Å². The maximum absolute atomic E-state index is 8.35. The zero-order chi connectivity index (χ0) is 4.99. The molecule has 0 aliphatic heterocycles. The van der Waals surface area contributed by atoms with Gasteiger partial charge in [0.05, 0.1) is 0 Å². The summed E-state index contributed by atoms with van der Waals surface area (Å²) in [4.78, 5) is 0. The third-order valence-corrected chi connectivity index (χ3v) is 1.75. The zero-order valence-corrected chi connectivity index (χ0v) is 5.43. The Balaban J connectivity index is 2.63. The average molecular weight is 154 g/mol. The SMILES string of the molecule is C[Se]C[C@H](N)O. The van der Waals surface area contributed by atoms with Gasteiger partial charge >= 0.3 is 43.2 Å². The van der Waals surface area contributed by atoms with E-state index in [0.29, 0.717) is 15.0 Å². The van der Waals surface area contributed by atoms with E-state index in [0.717, 1.165) is 5.32 Å². The maximum atomic E-state index is 8.35. The van der Waals surface area contributed by atoms with Crippen molar-refractivity contribution in [3.8, 4) is 0 Å². The van der Waals surface area contributed by atoms with Crippen molar-refractivity contribution < 1.29 is 5.11 Å². The van der Waals surface area contributed by atoms with Crippen molar-refractivity contribution >= 4 is 15.0 Å². The minimum atomic E-state index is -0.574. The van der Waals surface area contributed by atoms with Crippen molar-refractivity contribution in [3.63, 3.8) is 0 Å². The molecule has 0 aromatic heterocycles. The molecule has 0 radical (unpaired) electrons. The van der Waals surface area contributed by atoms with Gasteiger partial charge in [-0.25, -0.2) is 0 Å². The molecule has 3 N–H and O–H groups in total. The van der Waals surface area contributed by atoms with Crippen LogP contribution < -0.4 is 5.73 Å². The van der Waals surface area contributed by atoms with Gasteiger partial charge < -0.3 is 0 Å². The monoisotopic (exact) mass is 155 g/mol. The fraction of sp³-hybridized carbons (Fsp3) is 1.00. The molecule has 0 rings (SSSR count). The van der Waals surface area contributed by atoms with Crippen molar-refractivity contribution in [2.24, 2.45) is 5.73 Å². The van der Waals surface area contributed by atoms with E-state index in [9.17, 15) is 0 Å². The van der Waals surface area contributed by atoms with Gasteiger partial charge in [-0.05, 0) is 0 Å². The molecule has 38 valence electrons. The number of aliphatic hydroxyl groups excluding tert-OH is 1. The first-order valence-corrected chi connectivity index (χ1v) is 4.62. The Morgan fingerprint density at radius 1 is 2.00 bits per heavy atom. The Bertz CT molecular complexity index is 32.0. The van der Waals surface area contributed by atoms with Crippen LogP contribution in [0.1, 0.15) is 0 Å². The average Bonchev–Trinajstić information content (AvgIpc) is 1.35. The molecule has 0 aliphatic carbocycles. The summed E-state index contributed by atoms with van der Waals surface area (Å²) in [6.07, 6.45) is -0.574. The van der Waals surface area contributed by atoms with Gasteiger partial charge in [0.25, 0.3) is 0 Å². The Morgan fingerprint density at radius 2 is 2.50 bits per heavy atom. The van der Waals surface area contributed by atoms with Gasteiger partial charge in [0.15, 0.2) is 0 Å². The number of nitrogens with two attached hydrogens (primary N) is 1. The van der Waals surface area contributed by atoms with Crippen LogP contribution in [0, 0.1) is 0 Å².